The highest BCUT2D eigenvalue weighted by atomic mass is 16.5. The van der Waals surface area contributed by atoms with Crippen LogP contribution in [0.1, 0.15) is 31.8 Å². The van der Waals surface area contributed by atoms with Crippen LogP contribution in [-0.4, -0.2) is 21.8 Å². The number of hydrogen-bond donors (Lipinski definition) is 2. The number of fused-ring (bicyclic) bond motifs is 2. The van der Waals surface area contributed by atoms with Gasteiger partial charge in [0.2, 0.25) is 0 Å². The van der Waals surface area contributed by atoms with Crippen LogP contribution in [0, 0.1) is 13.8 Å². The number of pyridine rings is 2. The summed E-state index contributed by atoms with van der Waals surface area (Å²) >= 11 is 0. The molecule has 2 amide bonds. The fourth-order valence-electron chi connectivity index (χ4n) is 6.22. The first-order chi connectivity index (χ1) is 25.9. The van der Waals surface area contributed by atoms with E-state index in [9.17, 15) is 9.59 Å². The van der Waals surface area contributed by atoms with Crippen molar-refractivity contribution in [2.24, 2.45) is 0 Å². The summed E-state index contributed by atoms with van der Waals surface area (Å²) in [7, 11) is 0. The molecule has 7 heteroatoms. The Morgan fingerprint density at radius 1 is 0.472 bits per heavy atom. The minimum absolute atomic E-state index is 0.227. The van der Waals surface area contributed by atoms with Crippen LogP contribution < -0.4 is 15.4 Å². The molecule has 0 aliphatic heterocycles. The van der Waals surface area contributed by atoms with Gasteiger partial charge in [0.1, 0.15) is 11.5 Å². The predicted octanol–water partition coefficient (Wildman–Crippen LogP) is 11.0. The van der Waals surface area contributed by atoms with Gasteiger partial charge in [-0.05, 0) is 86.6 Å². The Morgan fingerprint density at radius 3 is 1.25 bits per heavy atom. The van der Waals surface area contributed by atoms with Crippen LogP contribution in [0.3, 0.4) is 0 Å². The third-order valence-corrected chi connectivity index (χ3v) is 9.08. The number of benzene rings is 6. The minimum Gasteiger partial charge on any atom is -0.457 e. The van der Waals surface area contributed by atoms with E-state index in [2.05, 4.69) is 10.6 Å². The average Bonchev–Trinajstić information content (AvgIpc) is 3.19. The van der Waals surface area contributed by atoms with Crippen molar-refractivity contribution in [1.29, 1.82) is 0 Å². The Kier molecular flexibility index (Phi) is 8.88. The number of para-hydroxylation sites is 2. The molecule has 2 N–H and O–H groups in total. The van der Waals surface area contributed by atoms with Crippen LogP contribution in [-0.2, 0) is 0 Å². The van der Waals surface area contributed by atoms with Gasteiger partial charge >= 0.3 is 0 Å². The monoisotopic (exact) mass is 690 g/mol. The number of nitrogens with one attached hydrogen (secondary N) is 2. The molecule has 0 spiro atoms. The molecule has 0 atom stereocenters. The van der Waals surface area contributed by atoms with Gasteiger partial charge in [0.25, 0.3) is 11.8 Å². The van der Waals surface area contributed by atoms with Crippen molar-refractivity contribution in [2.45, 2.75) is 13.8 Å². The fourth-order valence-corrected chi connectivity index (χ4v) is 6.22. The highest BCUT2D eigenvalue weighted by Crippen LogP contribution is 2.29. The summed E-state index contributed by atoms with van der Waals surface area (Å²) in [6.07, 6.45) is 0. The highest BCUT2D eigenvalue weighted by Gasteiger charge is 2.16. The quantitative estimate of drug-likeness (QED) is 0.166. The van der Waals surface area contributed by atoms with E-state index in [0.29, 0.717) is 34.0 Å². The molecule has 0 saturated heterocycles. The van der Waals surface area contributed by atoms with Gasteiger partial charge < -0.3 is 15.4 Å². The smallest absolute Gasteiger partial charge is 0.256 e. The van der Waals surface area contributed by atoms with Crippen LogP contribution in [0.4, 0.5) is 11.4 Å². The summed E-state index contributed by atoms with van der Waals surface area (Å²) in [6.45, 7) is 4.08. The van der Waals surface area contributed by atoms with E-state index in [1.165, 1.54) is 0 Å². The molecule has 256 valence electrons. The van der Waals surface area contributed by atoms with E-state index in [4.69, 9.17) is 14.7 Å². The van der Waals surface area contributed by atoms with Crippen LogP contribution in [0.15, 0.2) is 158 Å². The summed E-state index contributed by atoms with van der Waals surface area (Å²) in [6, 6.07) is 49.6. The standard InChI is InChI=1S/C46H34N4O3/c1-29-11-15-31(16-12-29)43-27-39(37-7-3-5-9-41(37)49-43)45(51)47-33-19-23-35(24-20-33)53-36-25-21-34(22-26-36)48-46(52)40-28-44(32-17-13-30(2)14-18-32)50-42-10-6-4-8-38(40)42/h3-28H,1-2H3,(H,47,51)(H,48,52). The van der Waals surface area contributed by atoms with E-state index >= 15 is 0 Å². The van der Waals surface area contributed by atoms with Crippen molar-refractivity contribution in [3.05, 3.63) is 180 Å². The number of rotatable bonds is 8. The zero-order chi connectivity index (χ0) is 36.3. The van der Waals surface area contributed by atoms with Gasteiger partial charge in [-0.1, -0.05) is 96.1 Å². The minimum atomic E-state index is -0.227. The van der Waals surface area contributed by atoms with Gasteiger partial charge in [0.15, 0.2) is 0 Å². The number of aromatic nitrogens is 2. The number of anilines is 2. The largest absolute Gasteiger partial charge is 0.457 e. The first-order valence-electron chi connectivity index (χ1n) is 17.3. The molecule has 2 aromatic heterocycles. The first kappa shape index (κ1) is 33.0. The second-order valence-corrected chi connectivity index (χ2v) is 12.9. The van der Waals surface area contributed by atoms with E-state index < -0.39 is 0 Å². The number of carbonyl (C=O) groups is 2. The van der Waals surface area contributed by atoms with Gasteiger partial charge in [-0.2, -0.15) is 0 Å². The van der Waals surface area contributed by atoms with Crippen molar-refractivity contribution < 1.29 is 14.3 Å². The molecule has 0 aliphatic rings. The molecule has 8 rings (SSSR count). The lowest BCUT2D eigenvalue weighted by Gasteiger charge is -2.12. The summed E-state index contributed by atoms with van der Waals surface area (Å²) in [4.78, 5) is 36.8. The zero-order valence-electron chi connectivity index (χ0n) is 29.1. The van der Waals surface area contributed by atoms with E-state index in [1.807, 2.05) is 123 Å². The predicted molar refractivity (Wildman–Crippen MR) is 213 cm³/mol. The van der Waals surface area contributed by atoms with Crippen molar-refractivity contribution in [3.8, 4) is 34.0 Å². The molecule has 0 bridgehead atoms. The Balaban J connectivity index is 0.947. The lowest BCUT2D eigenvalue weighted by atomic mass is 10.0. The number of ether oxygens (including phenoxy) is 1. The lowest BCUT2D eigenvalue weighted by molar-refractivity contribution is 0.102. The molecule has 8 aromatic rings. The first-order valence-corrected chi connectivity index (χ1v) is 17.3. The number of aryl methyl sites for hydroxylation is 2. The topological polar surface area (TPSA) is 93.2 Å². The van der Waals surface area contributed by atoms with Gasteiger partial charge in [0.05, 0.1) is 33.5 Å². The number of carbonyl (C=O) groups excluding carboxylic acids is 2. The van der Waals surface area contributed by atoms with Gasteiger partial charge in [-0.15, -0.1) is 0 Å². The Bertz CT molecular complexity index is 2430. The molecular weight excluding hydrogens is 657 g/mol. The molecule has 0 saturated carbocycles. The molecule has 6 aromatic carbocycles. The average molecular weight is 691 g/mol. The van der Waals surface area contributed by atoms with E-state index in [1.54, 1.807) is 48.5 Å². The Hall–Kier alpha value is -7.12. The van der Waals surface area contributed by atoms with Crippen molar-refractivity contribution in [3.63, 3.8) is 0 Å². The molecule has 7 nitrogen and oxygen atoms in total. The Morgan fingerprint density at radius 2 is 0.849 bits per heavy atom. The molecule has 0 aliphatic carbocycles. The van der Waals surface area contributed by atoms with E-state index in [-0.39, 0.29) is 11.8 Å². The SMILES string of the molecule is Cc1ccc(-c2cc(C(=O)Nc3ccc(Oc4ccc(NC(=O)c5cc(-c6ccc(C)cc6)nc6ccccc56)cc4)cc3)c3ccccc3n2)cc1. The molecule has 0 fully saturated rings. The maximum absolute atomic E-state index is 13.6. The summed E-state index contributed by atoms with van der Waals surface area (Å²) in [5.74, 6) is 0.745. The highest BCUT2D eigenvalue weighted by molar-refractivity contribution is 6.14. The number of nitrogens with zero attached hydrogens (tertiary/aromatic N) is 2. The number of hydrogen-bond acceptors (Lipinski definition) is 5. The van der Waals surface area contributed by atoms with Crippen molar-refractivity contribution in [1.82, 2.24) is 9.97 Å². The van der Waals surface area contributed by atoms with Crippen LogP contribution in [0.25, 0.3) is 44.3 Å². The fraction of sp³-hybridized carbons (Fsp3) is 0.0435. The third-order valence-electron chi connectivity index (χ3n) is 9.08. The summed E-state index contributed by atoms with van der Waals surface area (Å²) < 4.78 is 6.09. The molecule has 0 unspecified atom stereocenters. The van der Waals surface area contributed by atoms with Crippen molar-refractivity contribution >= 4 is 45.0 Å². The van der Waals surface area contributed by atoms with E-state index in [0.717, 1.165) is 55.4 Å². The summed E-state index contributed by atoms with van der Waals surface area (Å²) in [5.41, 5.74) is 9.54. The van der Waals surface area contributed by atoms with Gasteiger partial charge in [0, 0.05) is 33.3 Å². The summed E-state index contributed by atoms with van der Waals surface area (Å²) in [5, 5.41) is 7.61. The molecule has 0 radical (unpaired) electrons. The maximum Gasteiger partial charge on any atom is 0.256 e. The molecule has 2 heterocycles. The Labute approximate surface area is 307 Å². The molecular formula is C46H34N4O3. The lowest BCUT2D eigenvalue weighted by Crippen LogP contribution is -2.13. The van der Waals surface area contributed by atoms with Crippen LogP contribution in [0.5, 0.6) is 11.5 Å². The third kappa shape index (κ3) is 7.22. The number of amides is 2. The maximum atomic E-state index is 13.6. The van der Waals surface area contributed by atoms with Crippen LogP contribution in [0.2, 0.25) is 0 Å². The molecule has 53 heavy (non-hydrogen) atoms. The second-order valence-electron chi connectivity index (χ2n) is 12.9. The van der Waals surface area contributed by atoms with Gasteiger partial charge in [-0.25, -0.2) is 9.97 Å². The zero-order valence-corrected chi connectivity index (χ0v) is 29.1. The van der Waals surface area contributed by atoms with Crippen molar-refractivity contribution in [2.75, 3.05) is 10.6 Å². The van der Waals surface area contributed by atoms with Crippen LogP contribution >= 0.6 is 0 Å². The normalized spacial score (nSPS) is 11.0. The van der Waals surface area contributed by atoms with Gasteiger partial charge in [-0.3, -0.25) is 9.59 Å². The second kappa shape index (κ2) is 14.2.